The van der Waals surface area contributed by atoms with Crippen molar-refractivity contribution in [3.8, 4) is 22.4 Å². The van der Waals surface area contributed by atoms with Crippen LogP contribution in [-0.2, 0) is 38.4 Å². The lowest BCUT2D eigenvalue weighted by Crippen LogP contribution is -2.46. The van der Waals surface area contributed by atoms with Crippen LogP contribution in [0.25, 0.3) is 16.5 Å². The second-order valence-corrected chi connectivity index (χ2v) is 11.4. The number of ether oxygens (including phenoxy) is 2. The van der Waals surface area contributed by atoms with Crippen LogP contribution < -0.4 is 20.9 Å². The number of pyridine rings is 1. The lowest BCUT2D eigenvalue weighted by atomic mass is 10.1. The Hall–Kier alpha value is -6.37. The highest BCUT2D eigenvalue weighted by molar-refractivity contribution is 7.13. The molecule has 0 fully saturated rings. The summed E-state index contributed by atoms with van der Waals surface area (Å²) >= 11 is 1.19. The number of hydrogen-bond acceptors (Lipinski definition) is 11. The Bertz CT molecular complexity index is 2070. The normalized spacial score (nSPS) is 11.7. The van der Waals surface area contributed by atoms with Gasteiger partial charge in [-0.3, -0.25) is 29.1 Å². The number of nitrogens with one attached hydrogen (secondary N) is 2. The third kappa shape index (κ3) is 9.41. The summed E-state index contributed by atoms with van der Waals surface area (Å²) in [5.74, 6) is -4.08. The molecule has 0 saturated heterocycles. The zero-order valence-corrected chi connectivity index (χ0v) is 26.9. The number of carbonyl (C=O) groups is 4. The molecule has 0 bridgehead atoms. The number of rotatable bonds is 14. The molecule has 4 heterocycles. The minimum absolute atomic E-state index is 0.0287. The van der Waals surface area contributed by atoms with E-state index in [4.69, 9.17) is 9.47 Å². The number of Topliss-reactive ketones (excluding diaryl/α,β-unsaturated/α-hetero) is 1. The predicted octanol–water partition coefficient (Wildman–Crippen LogP) is 3.93. The number of alkyl halides is 3. The number of anilines is 1. The van der Waals surface area contributed by atoms with E-state index in [0.29, 0.717) is 21.2 Å². The van der Waals surface area contributed by atoms with Gasteiger partial charge in [-0.1, -0.05) is 42.5 Å². The molecular formula is C32H26F3N7O8S. The van der Waals surface area contributed by atoms with E-state index < -0.39 is 72.7 Å². The van der Waals surface area contributed by atoms with Crippen molar-refractivity contribution in [3.05, 3.63) is 106 Å². The van der Waals surface area contributed by atoms with Gasteiger partial charge in [0.1, 0.15) is 24.9 Å². The SMILES string of the molecule is O=C(O)C[C@H](NC(=O)Cn1c(-c2cccs2)ncc(NC(=O)OCc2ccccc2)c1=O)C(=O)COc1cc(C(F)(F)F)nn1-c1ccccn1. The monoisotopic (exact) mass is 725 g/mol. The molecule has 5 aromatic rings. The fourth-order valence-electron chi connectivity index (χ4n) is 4.49. The van der Waals surface area contributed by atoms with Crippen molar-refractivity contribution in [2.24, 2.45) is 0 Å². The van der Waals surface area contributed by atoms with Crippen molar-refractivity contribution in [1.29, 1.82) is 0 Å². The molecule has 51 heavy (non-hydrogen) atoms. The number of carboxylic acid groups (broad SMARTS) is 1. The molecule has 1 aromatic carbocycles. The first-order valence-electron chi connectivity index (χ1n) is 14.8. The summed E-state index contributed by atoms with van der Waals surface area (Å²) in [5.41, 5.74) is -1.86. The first kappa shape index (κ1) is 35.9. The maximum Gasteiger partial charge on any atom is 0.435 e. The van der Waals surface area contributed by atoms with Gasteiger partial charge in [0.25, 0.3) is 5.56 Å². The molecule has 3 N–H and O–H groups in total. The van der Waals surface area contributed by atoms with Crippen LogP contribution in [0.4, 0.5) is 23.7 Å². The summed E-state index contributed by atoms with van der Waals surface area (Å²) in [7, 11) is 0. The summed E-state index contributed by atoms with van der Waals surface area (Å²) in [4.78, 5) is 72.6. The number of nitrogens with zero attached hydrogens (tertiary/aromatic N) is 5. The number of aromatic nitrogens is 5. The lowest BCUT2D eigenvalue weighted by molar-refractivity contribution is -0.141. The summed E-state index contributed by atoms with van der Waals surface area (Å²) in [6.07, 6.45) is -4.39. The van der Waals surface area contributed by atoms with E-state index in [9.17, 15) is 42.3 Å². The number of halogens is 3. The number of benzene rings is 1. The minimum atomic E-state index is -4.87. The third-order valence-corrected chi connectivity index (χ3v) is 7.70. The molecule has 0 saturated carbocycles. The molecule has 0 aliphatic carbocycles. The molecule has 0 unspecified atom stereocenters. The molecule has 0 radical (unpaired) electrons. The highest BCUT2D eigenvalue weighted by Gasteiger charge is 2.36. The van der Waals surface area contributed by atoms with Gasteiger partial charge < -0.3 is 19.9 Å². The maximum absolute atomic E-state index is 13.5. The van der Waals surface area contributed by atoms with Crippen LogP contribution in [0.15, 0.2) is 89.3 Å². The topological polar surface area (TPSA) is 197 Å². The summed E-state index contributed by atoms with van der Waals surface area (Å²) in [5, 5.41) is 19.1. The number of carbonyl (C=O) groups excluding carboxylic acids is 3. The van der Waals surface area contributed by atoms with Crippen LogP contribution in [0, 0.1) is 0 Å². The van der Waals surface area contributed by atoms with E-state index >= 15 is 0 Å². The van der Waals surface area contributed by atoms with E-state index in [-0.39, 0.29) is 23.9 Å². The van der Waals surface area contributed by atoms with Crippen molar-refractivity contribution in [3.63, 3.8) is 0 Å². The van der Waals surface area contributed by atoms with E-state index in [2.05, 4.69) is 25.7 Å². The molecule has 2 amide bonds. The smallest absolute Gasteiger partial charge is 0.435 e. The Morgan fingerprint density at radius 1 is 1.00 bits per heavy atom. The van der Waals surface area contributed by atoms with Gasteiger partial charge in [0.2, 0.25) is 11.8 Å². The van der Waals surface area contributed by atoms with Gasteiger partial charge >= 0.3 is 18.2 Å². The van der Waals surface area contributed by atoms with Gasteiger partial charge in [-0.2, -0.15) is 23.0 Å². The van der Waals surface area contributed by atoms with Gasteiger partial charge in [-0.15, -0.1) is 11.3 Å². The first-order chi connectivity index (χ1) is 24.4. The van der Waals surface area contributed by atoms with Crippen LogP contribution in [-0.4, -0.2) is 65.8 Å². The van der Waals surface area contributed by atoms with Gasteiger partial charge in [0, 0.05) is 12.3 Å². The molecule has 1 atom stereocenters. The van der Waals surface area contributed by atoms with Crippen molar-refractivity contribution >= 4 is 40.8 Å². The Kier molecular flexibility index (Phi) is 11.2. The second-order valence-electron chi connectivity index (χ2n) is 10.5. The fraction of sp³-hybridized carbons (Fsp3) is 0.188. The Morgan fingerprint density at radius 3 is 2.43 bits per heavy atom. The zero-order valence-electron chi connectivity index (χ0n) is 26.1. The lowest BCUT2D eigenvalue weighted by Gasteiger charge is -2.18. The van der Waals surface area contributed by atoms with Gasteiger partial charge in [0.05, 0.1) is 17.5 Å². The predicted molar refractivity (Wildman–Crippen MR) is 173 cm³/mol. The third-order valence-electron chi connectivity index (χ3n) is 6.84. The average molecular weight is 726 g/mol. The second kappa shape index (κ2) is 15.9. The van der Waals surface area contributed by atoms with Crippen molar-refractivity contribution in [2.45, 2.75) is 31.8 Å². The van der Waals surface area contributed by atoms with E-state index in [1.807, 2.05) is 0 Å². The fourth-order valence-corrected chi connectivity index (χ4v) is 5.22. The Morgan fingerprint density at radius 2 is 1.76 bits per heavy atom. The van der Waals surface area contributed by atoms with Crippen LogP contribution >= 0.6 is 11.3 Å². The van der Waals surface area contributed by atoms with Crippen LogP contribution in [0.1, 0.15) is 17.7 Å². The van der Waals surface area contributed by atoms with Crippen LogP contribution in [0.2, 0.25) is 0 Å². The molecule has 264 valence electrons. The minimum Gasteiger partial charge on any atom is -0.481 e. The summed E-state index contributed by atoms with van der Waals surface area (Å²) in [6.45, 7) is -1.85. The zero-order chi connectivity index (χ0) is 36.5. The number of thiophene rings is 1. The number of hydrogen-bond donors (Lipinski definition) is 3. The number of aliphatic carboxylic acids is 1. The van der Waals surface area contributed by atoms with Crippen molar-refractivity contribution in [1.82, 2.24) is 29.6 Å². The molecule has 19 heteroatoms. The largest absolute Gasteiger partial charge is 0.481 e. The summed E-state index contributed by atoms with van der Waals surface area (Å²) in [6, 6.07) is 15.2. The highest BCUT2D eigenvalue weighted by Crippen LogP contribution is 2.32. The molecular weight excluding hydrogens is 699 g/mol. The van der Waals surface area contributed by atoms with Gasteiger partial charge in [-0.05, 0) is 29.1 Å². The van der Waals surface area contributed by atoms with Gasteiger partial charge in [0.15, 0.2) is 29.7 Å². The molecule has 0 aliphatic heterocycles. The Labute approximate surface area is 289 Å². The van der Waals surface area contributed by atoms with Crippen molar-refractivity contribution < 1.29 is 46.9 Å². The molecule has 15 nitrogen and oxygen atoms in total. The number of carboxylic acids is 1. The molecule has 5 rings (SSSR count). The molecule has 4 aromatic heterocycles. The maximum atomic E-state index is 13.5. The van der Waals surface area contributed by atoms with Crippen molar-refractivity contribution in [2.75, 3.05) is 11.9 Å². The standard InChI is InChI=1S/C32H26F3N7O8S/c33-32(34,35)24-14-27(42(40-24)25-10-4-5-11-36-25)49-18-22(43)20(13-28(45)46)38-26(44)16-41-29(23-9-6-12-51-23)37-15-21(30(41)47)39-31(48)50-17-19-7-2-1-3-8-19/h1-12,14-15,20H,13,16-18H2,(H,38,44)(H,39,48)(H,45,46)/t20-/m0/s1. The average Bonchev–Trinajstić information content (AvgIpc) is 3.80. The highest BCUT2D eigenvalue weighted by atomic mass is 32.1. The number of amides is 2. The summed E-state index contributed by atoms with van der Waals surface area (Å²) < 4.78 is 52.4. The quantitative estimate of drug-likeness (QED) is 0.150. The van der Waals surface area contributed by atoms with Crippen LogP contribution in [0.5, 0.6) is 5.88 Å². The number of ketones is 1. The van der Waals surface area contributed by atoms with E-state index in [1.165, 1.54) is 35.7 Å². The molecule has 0 spiro atoms. The Balaban J connectivity index is 1.32. The van der Waals surface area contributed by atoms with Crippen LogP contribution in [0.3, 0.4) is 0 Å². The van der Waals surface area contributed by atoms with E-state index in [1.54, 1.807) is 47.8 Å². The molecule has 0 aliphatic rings. The van der Waals surface area contributed by atoms with E-state index in [0.717, 1.165) is 10.8 Å². The van der Waals surface area contributed by atoms with Gasteiger partial charge in [-0.25, -0.2) is 14.8 Å². The first-order valence-corrected chi connectivity index (χ1v) is 15.6.